The van der Waals surface area contributed by atoms with Crippen LogP contribution in [0.15, 0.2) is 60.6 Å². The molecule has 0 radical (unpaired) electrons. The number of aromatic hydroxyl groups is 1. The van der Waals surface area contributed by atoms with E-state index in [0.29, 0.717) is 5.75 Å². The summed E-state index contributed by atoms with van der Waals surface area (Å²) >= 11 is 0. The predicted octanol–water partition coefficient (Wildman–Crippen LogP) is 4.93. The third-order valence-electron chi connectivity index (χ3n) is 3.97. The molecule has 1 aromatic rings. The van der Waals surface area contributed by atoms with Crippen LogP contribution in [0.1, 0.15) is 52.5 Å². The van der Waals surface area contributed by atoms with Crippen molar-refractivity contribution >= 4 is 0 Å². The Bertz CT molecular complexity index is 576. The minimum Gasteiger partial charge on any atom is -0.508 e. The molecule has 0 bridgehead atoms. The molecule has 0 saturated heterocycles. The lowest BCUT2D eigenvalue weighted by molar-refractivity contribution is 0.423. The maximum absolute atomic E-state index is 9.29. The largest absolute Gasteiger partial charge is 0.508 e. The van der Waals surface area contributed by atoms with Crippen molar-refractivity contribution in [2.75, 3.05) is 19.6 Å². The summed E-state index contributed by atoms with van der Waals surface area (Å²) < 4.78 is 0. The van der Waals surface area contributed by atoms with Gasteiger partial charge in [-0.1, -0.05) is 59.4 Å². The minimum absolute atomic E-state index is 0.331. The second-order valence-corrected chi connectivity index (χ2v) is 6.23. The number of benzene rings is 1. The summed E-state index contributed by atoms with van der Waals surface area (Å²) in [5, 5.41) is 12.7. The van der Waals surface area contributed by atoms with Crippen LogP contribution in [0, 0.1) is 0 Å². The Morgan fingerprint density at radius 3 is 2.33 bits per heavy atom. The van der Waals surface area contributed by atoms with Gasteiger partial charge in [0.25, 0.3) is 0 Å². The summed E-state index contributed by atoms with van der Waals surface area (Å²) in [4.78, 5) is 2.39. The van der Waals surface area contributed by atoms with Crippen molar-refractivity contribution < 1.29 is 5.11 Å². The highest BCUT2D eigenvalue weighted by Crippen LogP contribution is 2.33. The number of nitrogens with one attached hydrogen (secondary N) is 1. The van der Waals surface area contributed by atoms with Gasteiger partial charge in [0.05, 0.1) is 0 Å². The van der Waals surface area contributed by atoms with Crippen LogP contribution in [0.3, 0.4) is 0 Å². The van der Waals surface area contributed by atoms with Gasteiger partial charge in [0.15, 0.2) is 0 Å². The van der Waals surface area contributed by atoms with Gasteiger partial charge in [-0.05, 0) is 35.9 Å². The standard InChI is InChI=1S/C16H20N2O.C3H8.C2H5N.C2H6/c1-12-10-14-11-17-8-6-16(14)18(12)9-7-13-2-4-15(19)5-3-13;1-3-2;1-2-3;1-2/h2-5,17,19H,1,6-11H2;3H2,1-2H3;2H,1,3H2;1-2H3. The number of allylic oxidation sites excluding steroid dienone is 1. The van der Waals surface area contributed by atoms with Crippen molar-refractivity contribution in [3.05, 3.63) is 66.2 Å². The van der Waals surface area contributed by atoms with E-state index in [9.17, 15) is 5.11 Å². The van der Waals surface area contributed by atoms with Crippen LogP contribution in [0.25, 0.3) is 0 Å². The first-order valence-electron chi connectivity index (χ1n) is 10.0. The molecule has 27 heavy (non-hydrogen) atoms. The number of phenolic OH excluding ortho intramolecular Hbond substituents is 1. The predicted molar refractivity (Wildman–Crippen MR) is 118 cm³/mol. The van der Waals surface area contributed by atoms with Gasteiger partial charge in [-0.15, -0.1) is 0 Å². The van der Waals surface area contributed by atoms with Crippen LogP contribution in [-0.2, 0) is 6.42 Å². The molecule has 0 unspecified atom stereocenters. The highest BCUT2D eigenvalue weighted by atomic mass is 16.3. The van der Waals surface area contributed by atoms with Crippen molar-refractivity contribution in [3.63, 3.8) is 0 Å². The van der Waals surface area contributed by atoms with Gasteiger partial charge in [-0.3, -0.25) is 0 Å². The summed E-state index contributed by atoms with van der Waals surface area (Å²) in [5.74, 6) is 0.331. The molecule has 152 valence electrons. The number of hydrogen-bond acceptors (Lipinski definition) is 4. The monoisotopic (exact) mass is 373 g/mol. The molecular weight excluding hydrogens is 334 g/mol. The SMILES string of the molecule is C=C1CC2=C(CCNC2)N1CCc1ccc(O)cc1.C=CN.CC.CCC. The zero-order valence-corrected chi connectivity index (χ0v) is 17.7. The molecule has 4 nitrogen and oxygen atoms in total. The topological polar surface area (TPSA) is 61.5 Å². The first-order valence-corrected chi connectivity index (χ1v) is 10.0. The van der Waals surface area contributed by atoms with Crippen LogP contribution >= 0.6 is 0 Å². The molecule has 0 fully saturated rings. The zero-order valence-electron chi connectivity index (χ0n) is 17.7. The van der Waals surface area contributed by atoms with Crippen LogP contribution in [0.5, 0.6) is 5.75 Å². The van der Waals surface area contributed by atoms with Crippen molar-refractivity contribution in [1.29, 1.82) is 0 Å². The van der Waals surface area contributed by atoms with E-state index >= 15 is 0 Å². The van der Waals surface area contributed by atoms with E-state index in [2.05, 4.69) is 43.0 Å². The lowest BCUT2D eigenvalue weighted by Gasteiger charge is -2.26. The third-order valence-corrected chi connectivity index (χ3v) is 3.97. The Morgan fingerprint density at radius 1 is 1.22 bits per heavy atom. The van der Waals surface area contributed by atoms with E-state index in [4.69, 9.17) is 0 Å². The van der Waals surface area contributed by atoms with E-state index in [-0.39, 0.29) is 0 Å². The van der Waals surface area contributed by atoms with Crippen LogP contribution in [-0.4, -0.2) is 29.6 Å². The Kier molecular flexibility index (Phi) is 13.7. The molecule has 0 spiro atoms. The summed E-state index contributed by atoms with van der Waals surface area (Å²) in [5.41, 5.74) is 10.1. The molecule has 4 heteroatoms. The highest BCUT2D eigenvalue weighted by Gasteiger charge is 2.26. The number of phenols is 1. The minimum atomic E-state index is 0.331. The van der Waals surface area contributed by atoms with E-state index < -0.39 is 0 Å². The first-order chi connectivity index (χ1) is 13.1. The average Bonchev–Trinajstić information content (AvgIpc) is 2.99. The van der Waals surface area contributed by atoms with Crippen LogP contribution in [0.4, 0.5) is 0 Å². The lowest BCUT2D eigenvalue weighted by atomic mass is 10.1. The van der Waals surface area contributed by atoms with Crippen molar-refractivity contribution in [3.8, 4) is 5.75 Å². The number of nitrogens with zero attached hydrogens (tertiary/aromatic N) is 1. The molecule has 0 atom stereocenters. The second kappa shape index (κ2) is 14.9. The molecular formula is C23H39N3O. The molecule has 0 aromatic heterocycles. The second-order valence-electron chi connectivity index (χ2n) is 6.23. The number of rotatable bonds is 3. The first kappa shape index (κ1) is 24.8. The van der Waals surface area contributed by atoms with E-state index in [1.165, 1.54) is 35.2 Å². The highest BCUT2D eigenvalue weighted by molar-refractivity contribution is 5.33. The van der Waals surface area contributed by atoms with Crippen molar-refractivity contribution in [1.82, 2.24) is 10.2 Å². The van der Waals surface area contributed by atoms with Gasteiger partial charge >= 0.3 is 0 Å². The van der Waals surface area contributed by atoms with E-state index in [0.717, 1.165) is 38.9 Å². The fourth-order valence-corrected chi connectivity index (χ4v) is 2.94. The van der Waals surface area contributed by atoms with Gasteiger partial charge in [0.1, 0.15) is 5.75 Å². The van der Waals surface area contributed by atoms with Gasteiger partial charge in [-0.25, -0.2) is 0 Å². The molecule has 2 heterocycles. The summed E-state index contributed by atoms with van der Waals surface area (Å²) in [6.45, 7) is 18.7. The van der Waals surface area contributed by atoms with Gasteiger partial charge in [0.2, 0.25) is 0 Å². The third kappa shape index (κ3) is 8.83. The van der Waals surface area contributed by atoms with Gasteiger partial charge < -0.3 is 21.1 Å². The van der Waals surface area contributed by atoms with Crippen LogP contribution in [0.2, 0.25) is 0 Å². The number of hydrogen-bond donors (Lipinski definition) is 3. The van der Waals surface area contributed by atoms with Crippen LogP contribution < -0.4 is 11.1 Å². The summed E-state index contributed by atoms with van der Waals surface area (Å²) in [7, 11) is 0. The quantitative estimate of drug-likeness (QED) is 0.703. The molecule has 2 aliphatic rings. The molecule has 3 rings (SSSR count). The Hall–Kier alpha value is -2.20. The molecule has 4 N–H and O–H groups in total. The van der Waals surface area contributed by atoms with Crippen molar-refractivity contribution in [2.45, 2.75) is 53.4 Å². The Labute approximate surface area is 166 Å². The molecule has 0 saturated carbocycles. The van der Waals surface area contributed by atoms with Crippen molar-refractivity contribution in [2.24, 2.45) is 5.73 Å². The maximum Gasteiger partial charge on any atom is 0.115 e. The maximum atomic E-state index is 9.29. The fourth-order valence-electron chi connectivity index (χ4n) is 2.94. The molecule has 0 aliphatic carbocycles. The summed E-state index contributed by atoms with van der Waals surface area (Å²) in [6, 6.07) is 7.49. The normalized spacial score (nSPS) is 14.7. The summed E-state index contributed by atoms with van der Waals surface area (Å²) in [6.07, 6.45) is 5.63. The Balaban J connectivity index is 0.000000736. The Morgan fingerprint density at radius 2 is 1.78 bits per heavy atom. The van der Waals surface area contributed by atoms with Gasteiger partial charge in [0, 0.05) is 43.9 Å². The lowest BCUT2D eigenvalue weighted by Crippen LogP contribution is -2.28. The molecule has 2 aliphatic heterocycles. The van der Waals surface area contributed by atoms with E-state index in [1.807, 2.05) is 26.0 Å². The zero-order chi connectivity index (χ0) is 20.7. The molecule has 1 aromatic carbocycles. The fraction of sp³-hybridized carbons (Fsp3) is 0.478. The average molecular weight is 374 g/mol. The van der Waals surface area contributed by atoms with Gasteiger partial charge in [-0.2, -0.15) is 0 Å². The van der Waals surface area contributed by atoms with E-state index in [1.54, 1.807) is 12.1 Å². The smallest absolute Gasteiger partial charge is 0.115 e. The number of nitrogens with two attached hydrogens (primary N) is 1. The molecule has 0 amide bonds.